The lowest BCUT2D eigenvalue weighted by Crippen LogP contribution is -2.11. The number of benzene rings is 2. The first kappa shape index (κ1) is 21.5. The molecule has 10 heteroatoms. The molecule has 2 aromatic carbocycles. The summed E-state index contributed by atoms with van der Waals surface area (Å²) in [5.74, 6) is 0.0284. The van der Waals surface area contributed by atoms with E-state index in [9.17, 15) is 13.6 Å². The van der Waals surface area contributed by atoms with Gasteiger partial charge in [0.25, 0.3) is 5.56 Å². The normalized spacial score (nSPS) is 11.4. The van der Waals surface area contributed by atoms with Crippen LogP contribution in [0.15, 0.2) is 59.7 Å². The second-order valence-electron chi connectivity index (χ2n) is 7.52. The third-order valence-electron chi connectivity index (χ3n) is 5.35. The van der Waals surface area contributed by atoms with Crippen LogP contribution in [0.2, 0.25) is 0 Å². The molecular formula is C24H19F2N5O3. The van der Waals surface area contributed by atoms with E-state index in [2.05, 4.69) is 24.7 Å². The highest BCUT2D eigenvalue weighted by Crippen LogP contribution is 2.31. The molecule has 172 valence electrons. The minimum absolute atomic E-state index is 0.0284. The Morgan fingerprint density at radius 2 is 1.82 bits per heavy atom. The Labute approximate surface area is 191 Å². The highest BCUT2D eigenvalue weighted by Gasteiger charge is 2.16. The predicted octanol–water partition coefficient (Wildman–Crippen LogP) is 4.54. The average molecular weight is 463 g/mol. The molecule has 0 aliphatic heterocycles. The first-order valence-corrected chi connectivity index (χ1v) is 10.5. The van der Waals surface area contributed by atoms with Crippen LogP contribution in [-0.4, -0.2) is 37.7 Å². The number of imidazole rings is 1. The molecule has 0 saturated carbocycles. The van der Waals surface area contributed by atoms with Crippen LogP contribution < -0.4 is 15.0 Å². The standard InChI is InChI=1S/C24H19F2N5O3/c1-3-33-24-28-20(13-4-7-15(8-5-13)34-23(25)26)17-11-16(22(32)29-21(17)30-24)14-6-9-18-19(10-14)31(2)12-27-18/h4-12,23H,3H2,1-2H3,(H,28,29,30,32). The van der Waals surface area contributed by atoms with Gasteiger partial charge in [0.2, 0.25) is 0 Å². The zero-order valence-electron chi connectivity index (χ0n) is 18.3. The van der Waals surface area contributed by atoms with Crippen LogP contribution >= 0.6 is 0 Å². The van der Waals surface area contributed by atoms with Crippen molar-refractivity contribution in [1.82, 2.24) is 24.5 Å². The molecule has 0 unspecified atom stereocenters. The largest absolute Gasteiger partial charge is 0.464 e. The molecule has 0 aliphatic rings. The summed E-state index contributed by atoms with van der Waals surface area (Å²) in [5.41, 5.74) is 3.93. The molecule has 0 amide bonds. The number of aromatic nitrogens is 5. The SMILES string of the molecule is CCOc1nc(-c2ccc(OC(F)F)cc2)c2cc(-c3ccc4ncn(C)c4c3)c(=O)[nH]c2n1. The van der Waals surface area contributed by atoms with Crippen molar-refractivity contribution in [3.8, 4) is 34.1 Å². The van der Waals surface area contributed by atoms with Crippen molar-refractivity contribution < 1.29 is 18.3 Å². The van der Waals surface area contributed by atoms with Crippen LogP contribution in [-0.2, 0) is 7.05 Å². The van der Waals surface area contributed by atoms with E-state index in [0.717, 1.165) is 11.0 Å². The van der Waals surface area contributed by atoms with E-state index < -0.39 is 6.61 Å². The summed E-state index contributed by atoms with van der Waals surface area (Å²) in [6.45, 7) is -0.789. The van der Waals surface area contributed by atoms with Gasteiger partial charge in [0.05, 0.1) is 29.7 Å². The number of ether oxygens (including phenoxy) is 2. The van der Waals surface area contributed by atoms with Gasteiger partial charge in [0.1, 0.15) is 11.4 Å². The zero-order valence-corrected chi connectivity index (χ0v) is 18.3. The minimum atomic E-state index is -2.92. The van der Waals surface area contributed by atoms with Crippen LogP contribution in [0.4, 0.5) is 8.78 Å². The number of aromatic amines is 1. The van der Waals surface area contributed by atoms with Crippen LogP contribution in [0.25, 0.3) is 44.5 Å². The van der Waals surface area contributed by atoms with E-state index in [0.29, 0.717) is 40.0 Å². The average Bonchev–Trinajstić information content (AvgIpc) is 3.18. The van der Waals surface area contributed by atoms with Crippen molar-refractivity contribution in [2.24, 2.45) is 7.05 Å². The number of pyridine rings is 1. The summed E-state index contributed by atoms with van der Waals surface area (Å²) >= 11 is 0. The Bertz CT molecular complexity index is 1560. The molecule has 0 atom stereocenters. The van der Waals surface area contributed by atoms with Crippen LogP contribution in [0.3, 0.4) is 0 Å². The number of halogens is 2. The first-order chi connectivity index (χ1) is 16.4. The number of alkyl halides is 2. The Morgan fingerprint density at radius 3 is 2.56 bits per heavy atom. The van der Waals surface area contributed by atoms with Gasteiger partial charge in [-0.1, -0.05) is 6.07 Å². The van der Waals surface area contributed by atoms with Crippen LogP contribution in [0.5, 0.6) is 11.8 Å². The molecule has 34 heavy (non-hydrogen) atoms. The van der Waals surface area contributed by atoms with E-state index in [1.165, 1.54) is 12.1 Å². The lowest BCUT2D eigenvalue weighted by atomic mass is 10.0. The smallest absolute Gasteiger partial charge is 0.387 e. The summed E-state index contributed by atoms with van der Waals surface area (Å²) in [7, 11) is 1.88. The van der Waals surface area contributed by atoms with E-state index in [-0.39, 0.29) is 17.3 Å². The second-order valence-corrected chi connectivity index (χ2v) is 7.52. The molecule has 1 N–H and O–H groups in total. The Balaban J connectivity index is 1.70. The Hall–Kier alpha value is -4.34. The molecule has 0 aliphatic carbocycles. The topological polar surface area (TPSA) is 94.9 Å². The summed E-state index contributed by atoms with van der Waals surface area (Å²) in [5, 5.41) is 0.575. The third-order valence-corrected chi connectivity index (χ3v) is 5.35. The lowest BCUT2D eigenvalue weighted by Gasteiger charge is -2.11. The first-order valence-electron chi connectivity index (χ1n) is 10.5. The number of hydrogen-bond acceptors (Lipinski definition) is 6. The van der Waals surface area contributed by atoms with Gasteiger partial charge in [-0.25, -0.2) is 4.98 Å². The molecule has 3 heterocycles. The van der Waals surface area contributed by atoms with Gasteiger partial charge < -0.3 is 19.0 Å². The Morgan fingerprint density at radius 1 is 1.06 bits per heavy atom. The maximum atomic E-state index is 13.0. The van der Waals surface area contributed by atoms with Gasteiger partial charge in [-0.3, -0.25) is 4.79 Å². The van der Waals surface area contributed by atoms with Crippen LogP contribution in [0, 0.1) is 0 Å². The van der Waals surface area contributed by atoms with Gasteiger partial charge in [-0.15, -0.1) is 0 Å². The van der Waals surface area contributed by atoms with Crippen molar-refractivity contribution in [3.63, 3.8) is 0 Å². The summed E-state index contributed by atoms with van der Waals surface area (Å²) in [4.78, 5) is 29.0. The number of nitrogens with one attached hydrogen (secondary N) is 1. The van der Waals surface area contributed by atoms with E-state index >= 15 is 0 Å². The monoisotopic (exact) mass is 463 g/mol. The van der Waals surface area contributed by atoms with Gasteiger partial charge in [0, 0.05) is 23.6 Å². The number of rotatable bonds is 6. The highest BCUT2D eigenvalue weighted by molar-refractivity contribution is 5.94. The fourth-order valence-corrected chi connectivity index (χ4v) is 3.78. The van der Waals surface area contributed by atoms with Crippen molar-refractivity contribution in [1.29, 1.82) is 0 Å². The molecule has 0 saturated heterocycles. The number of nitrogens with zero attached hydrogens (tertiary/aromatic N) is 4. The molecule has 8 nitrogen and oxygen atoms in total. The molecular weight excluding hydrogens is 444 g/mol. The summed E-state index contributed by atoms with van der Waals surface area (Å²) in [6.07, 6.45) is 1.71. The molecule has 0 fully saturated rings. The zero-order chi connectivity index (χ0) is 23.8. The number of fused-ring (bicyclic) bond motifs is 2. The molecule has 5 rings (SSSR count). The fraction of sp³-hybridized carbons (Fsp3) is 0.167. The highest BCUT2D eigenvalue weighted by atomic mass is 19.3. The van der Waals surface area contributed by atoms with Crippen molar-refractivity contribution in [2.75, 3.05) is 6.61 Å². The minimum Gasteiger partial charge on any atom is -0.464 e. The molecule has 5 aromatic rings. The van der Waals surface area contributed by atoms with Gasteiger partial charge in [0.15, 0.2) is 0 Å². The molecule has 0 radical (unpaired) electrons. The van der Waals surface area contributed by atoms with E-state index in [1.807, 2.05) is 29.8 Å². The van der Waals surface area contributed by atoms with E-state index in [4.69, 9.17) is 4.74 Å². The fourth-order valence-electron chi connectivity index (χ4n) is 3.78. The molecule has 3 aromatic heterocycles. The van der Waals surface area contributed by atoms with Crippen molar-refractivity contribution in [3.05, 3.63) is 65.2 Å². The lowest BCUT2D eigenvalue weighted by molar-refractivity contribution is -0.0498. The van der Waals surface area contributed by atoms with Crippen LogP contribution in [0.1, 0.15) is 6.92 Å². The van der Waals surface area contributed by atoms with Gasteiger partial charge in [-0.05, 0) is 55.0 Å². The van der Waals surface area contributed by atoms with Crippen molar-refractivity contribution >= 4 is 22.1 Å². The van der Waals surface area contributed by atoms with Gasteiger partial charge in [-0.2, -0.15) is 18.7 Å². The molecule has 0 spiro atoms. The number of aryl methyl sites for hydroxylation is 1. The number of H-pyrrole nitrogens is 1. The van der Waals surface area contributed by atoms with Crippen molar-refractivity contribution in [2.45, 2.75) is 13.5 Å². The maximum absolute atomic E-state index is 13.0. The molecule has 0 bridgehead atoms. The third kappa shape index (κ3) is 3.94. The quantitative estimate of drug-likeness (QED) is 0.397. The predicted molar refractivity (Wildman–Crippen MR) is 123 cm³/mol. The summed E-state index contributed by atoms with van der Waals surface area (Å²) in [6, 6.07) is 13.5. The second kappa shape index (κ2) is 8.54. The maximum Gasteiger partial charge on any atom is 0.387 e. The van der Waals surface area contributed by atoms with E-state index in [1.54, 1.807) is 31.5 Å². The summed E-state index contributed by atoms with van der Waals surface area (Å²) < 4.78 is 36.9. The Kier molecular flexibility index (Phi) is 5.40. The number of hydrogen-bond donors (Lipinski definition) is 1. The van der Waals surface area contributed by atoms with Gasteiger partial charge >= 0.3 is 12.6 Å².